The molecule has 2 aromatic rings. The molecule has 2 amide bonds. The van der Waals surface area contributed by atoms with Crippen LogP contribution in [0.25, 0.3) is 0 Å². The molecular formula is C20H25F3N4O2. The molecule has 0 aliphatic heterocycles. The van der Waals surface area contributed by atoms with E-state index in [-0.39, 0.29) is 30.1 Å². The zero-order valence-corrected chi connectivity index (χ0v) is 16.5. The maximum atomic E-state index is 12.7. The number of alkyl halides is 3. The molecule has 1 heterocycles. The van der Waals surface area contributed by atoms with Crippen molar-refractivity contribution >= 4 is 17.6 Å². The lowest BCUT2D eigenvalue weighted by Crippen LogP contribution is -2.44. The van der Waals surface area contributed by atoms with Gasteiger partial charge >= 0.3 is 6.18 Å². The molecule has 0 radical (unpaired) electrons. The van der Waals surface area contributed by atoms with Gasteiger partial charge in [0.05, 0.1) is 11.8 Å². The molecule has 0 bridgehead atoms. The number of carbonyl (C=O) groups is 2. The number of nitrogens with one attached hydrogen (secondary N) is 3. The predicted octanol–water partition coefficient (Wildman–Crippen LogP) is 4.09. The number of aromatic amines is 1. The van der Waals surface area contributed by atoms with Crippen molar-refractivity contribution in [2.75, 3.05) is 5.32 Å². The molecule has 29 heavy (non-hydrogen) atoms. The lowest BCUT2D eigenvalue weighted by atomic mass is 9.95. The van der Waals surface area contributed by atoms with Crippen molar-refractivity contribution in [3.63, 3.8) is 0 Å². The van der Waals surface area contributed by atoms with Crippen LogP contribution < -0.4 is 10.6 Å². The molecule has 0 aliphatic carbocycles. The second kappa shape index (κ2) is 9.58. The number of nitrogens with zero attached hydrogens (tertiary/aromatic N) is 1. The standard InChI is InChI=1S/C20H25F3N4O2/c1-12(2)10-16(19(29)26-17-8-9-24-27-17)25-18(28)11-13(3)14-4-6-15(7-5-14)20(21,22)23/h4-9,12-13,16H,10-11H2,1-3H3,(H,25,28)(H2,24,26,27,29). The van der Waals surface area contributed by atoms with Gasteiger partial charge in [0.1, 0.15) is 11.9 Å². The van der Waals surface area contributed by atoms with Crippen LogP contribution in [0.15, 0.2) is 36.5 Å². The maximum Gasteiger partial charge on any atom is 0.416 e. The molecule has 0 saturated carbocycles. The van der Waals surface area contributed by atoms with Gasteiger partial charge in [-0.2, -0.15) is 18.3 Å². The Kier molecular flexibility index (Phi) is 7.41. The first kappa shape index (κ1) is 22.4. The molecule has 1 aromatic carbocycles. The minimum absolute atomic E-state index is 0.0529. The van der Waals surface area contributed by atoms with Crippen molar-refractivity contribution in [3.8, 4) is 0 Å². The van der Waals surface area contributed by atoms with E-state index in [0.717, 1.165) is 12.1 Å². The van der Waals surface area contributed by atoms with Crippen LogP contribution >= 0.6 is 0 Å². The summed E-state index contributed by atoms with van der Waals surface area (Å²) in [5.74, 6) is -0.412. The van der Waals surface area contributed by atoms with E-state index in [4.69, 9.17) is 0 Å². The summed E-state index contributed by atoms with van der Waals surface area (Å²) in [6, 6.07) is 5.62. The first-order valence-electron chi connectivity index (χ1n) is 9.33. The summed E-state index contributed by atoms with van der Waals surface area (Å²) in [6.45, 7) is 5.63. The van der Waals surface area contributed by atoms with Gasteiger partial charge < -0.3 is 10.6 Å². The zero-order valence-electron chi connectivity index (χ0n) is 16.5. The SMILES string of the molecule is CC(C)CC(NC(=O)CC(C)c1ccc(C(F)(F)F)cc1)C(=O)Nc1ccn[nH]1. The van der Waals surface area contributed by atoms with Gasteiger partial charge in [-0.1, -0.05) is 32.9 Å². The minimum atomic E-state index is -4.40. The van der Waals surface area contributed by atoms with Gasteiger partial charge in [0.25, 0.3) is 0 Å². The number of carbonyl (C=O) groups excluding carboxylic acids is 2. The first-order valence-corrected chi connectivity index (χ1v) is 9.33. The molecule has 0 saturated heterocycles. The summed E-state index contributed by atoms with van der Waals surface area (Å²) >= 11 is 0. The number of hydrogen-bond acceptors (Lipinski definition) is 3. The Bertz CT molecular complexity index is 802. The van der Waals surface area contributed by atoms with Crippen molar-refractivity contribution in [2.45, 2.75) is 51.7 Å². The summed E-state index contributed by atoms with van der Waals surface area (Å²) in [5.41, 5.74) is -0.110. The Morgan fingerprint density at radius 1 is 1.10 bits per heavy atom. The molecule has 0 aliphatic rings. The normalized spacial score (nSPS) is 13.8. The molecule has 158 valence electrons. The molecular weight excluding hydrogens is 385 g/mol. The maximum absolute atomic E-state index is 12.7. The number of hydrogen-bond donors (Lipinski definition) is 3. The van der Waals surface area contributed by atoms with E-state index in [9.17, 15) is 22.8 Å². The molecule has 0 spiro atoms. The predicted molar refractivity (Wildman–Crippen MR) is 103 cm³/mol. The number of amides is 2. The highest BCUT2D eigenvalue weighted by atomic mass is 19.4. The Morgan fingerprint density at radius 2 is 1.76 bits per heavy atom. The number of benzene rings is 1. The van der Waals surface area contributed by atoms with Gasteiger partial charge in [0.2, 0.25) is 11.8 Å². The van der Waals surface area contributed by atoms with Crippen molar-refractivity contribution in [3.05, 3.63) is 47.7 Å². The monoisotopic (exact) mass is 410 g/mol. The zero-order chi connectivity index (χ0) is 21.6. The van der Waals surface area contributed by atoms with Crippen LogP contribution in [-0.2, 0) is 15.8 Å². The second-order valence-electron chi connectivity index (χ2n) is 7.43. The lowest BCUT2D eigenvalue weighted by molar-refractivity contribution is -0.137. The number of anilines is 1. The first-order chi connectivity index (χ1) is 13.6. The third-order valence-corrected chi connectivity index (χ3v) is 4.42. The van der Waals surface area contributed by atoms with E-state index in [2.05, 4.69) is 20.8 Å². The minimum Gasteiger partial charge on any atom is -0.344 e. The Morgan fingerprint density at radius 3 is 2.28 bits per heavy atom. The molecule has 2 atom stereocenters. The summed E-state index contributed by atoms with van der Waals surface area (Å²) in [7, 11) is 0. The van der Waals surface area contributed by atoms with E-state index in [1.54, 1.807) is 13.0 Å². The Balaban J connectivity index is 1.98. The topological polar surface area (TPSA) is 86.9 Å². The highest BCUT2D eigenvalue weighted by Crippen LogP contribution is 2.30. The van der Waals surface area contributed by atoms with Gasteiger partial charge in [0, 0.05) is 12.5 Å². The van der Waals surface area contributed by atoms with Crippen LogP contribution in [0, 0.1) is 5.92 Å². The van der Waals surface area contributed by atoms with E-state index in [0.29, 0.717) is 17.8 Å². The molecule has 6 nitrogen and oxygen atoms in total. The largest absolute Gasteiger partial charge is 0.416 e. The van der Waals surface area contributed by atoms with Crippen molar-refractivity contribution in [2.24, 2.45) is 5.92 Å². The fraction of sp³-hybridized carbons (Fsp3) is 0.450. The highest BCUT2D eigenvalue weighted by molar-refractivity contribution is 5.96. The van der Waals surface area contributed by atoms with Gasteiger partial charge in [0.15, 0.2) is 0 Å². The molecule has 9 heteroatoms. The molecule has 3 N–H and O–H groups in total. The number of aromatic nitrogens is 2. The molecule has 1 aromatic heterocycles. The van der Waals surface area contributed by atoms with Crippen molar-refractivity contribution in [1.29, 1.82) is 0 Å². The third-order valence-electron chi connectivity index (χ3n) is 4.42. The summed E-state index contributed by atoms with van der Waals surface area (Å²) in [5, 5.41) is 11.8. The third kappa shape index (κ3) is 6.92. The van der Waals surface area contributed by atoms with Crippen LogP contribution in [0.1, 0.15) is 50.7 Å². The van der Waals surface area contributed by atoms with E-state index in [1.165, 1.54) is 18.3 Å². The fourth-order valence-electron chi connectivity index (χ4n) is 2.90. The number of halogens is 3. The summed E-state index contributed by atoms with van der Waals surface area (Å²) in [6.07, 6.45) is -2.40. The second-order valence-corrected chi connectivity index (χ2v) is 7.43. The van der Waals surface area contributed by atoms with Crippen LogP contribution in [0.4, 0.5) is 19.0 Å². The van der Waals surface area contributed by atoms with Gasteiger partial charge in [-0.05, 0) is 36.0 Å². The van der Waals surface area contributed by atoms with Crippen LogP contribution in [-0.4, -0.2) is 28.1 Å². The molecule has 0 fully saturated rings. The van der Waals surface area contributed by atoms with E-state index in [1.807, 2.05) is 13.8 Å². The average Bonchev–Trinajstić information content (AvgIpc) is 3.13. The number of H-pyrrole nitrogens is 1. The summed E-state index contributed by atoms with van der Waals surface area (Å²) in [4.78, 5) is 24.9. The Hall–Kier alpha value is -2.84. The Labute approximate surface area is 167 Å². The quantitative estimate of drug-likeness (QED) is 0.613. The molecule has 2 rings (SSSR count). The van der Waals surface area contributed by atoms with Crippen molar-refractivity contribution in [1.82, 2.24) is 15.5 Å². The lowest BCUT2D eigenvalue weighted by Gasteiger charge is -2.21. The van der Waals surface area contributed by atoms with E-state index >= 15 is 0 Å². The molecule has 2 unspecified atom stereocenters. The number of rotatable bonds is 8. The van der Waals surface area contributed by atoms with Crippen molar-refractivity contribution < 1.29 is 22.8 Å². The highest BCUT2D eigenvalue weighted by Gasteiger charge is 2.30. The van der Waals surface area contributed by atoms with Crippen LogP contribution in [0.5, 0.6) is 0 Å². The van der Waals surface area contributed by atoms with Crippen LogP contribution in [0.3, 0.4) is 0 Å². The van der Waals surface area contributed by atoms with Gasteiger partial charge in [-0.25, -0.2) is 0 Å². The van der Waals surface area contributed by atoms with Crippen LogP contribution in [0.2, 0.25) is 0 Å². The van der Waals surface area contributed by atoms with Gasteiger partial charge in [-0.3, -0.25) is 14.7 Å². The van der Waals surface area contributed by atoms with E-state index < -0.39 is 17.8 Å². The smallest absolute Gasteiger partial charge is 0.344 e. The van der Waals surface area contributed by atoms with Gasteiger partial charge in [-0.15, -0.1) is 0 Å². The fourth-order valence-corrected chi connectivity index (χ4v) is 2.90. The average molecular weight is 410 g/mol. The summed E-state index contributed by atoms with van der Waals surface area (Å²) < 4.78 is 38.0.